The average Bonchev–Trinajstić information content (AvgIpc) is 2.71. The molecule has 0 fully saturated rings. The second-order valence-electron chi connectivity index (χ2n) is 6.70. The predicted molar refractivity (Wildman–Crippen MR) is 119 cm³/mol. The number of hydrogen-bond donors (Lipinski definition) is 8. The number of primary amides is 1. The van der Waals surface area contributed by atoms with Crippen LogP contribution in [0.25, 0.3) is 0 Å². The lowest BCUT2D eigenvalue weighted by Gasteiger charge is -2.24. The molecule has 0 saturated carbocycles. The Morgan fingerprint density at radius 3 is 1.91 bits per heavy atom. The molecule has 0 rings (SSSR count). The summed E-state index contributed by atoms with van der Waals surface area (Å²) in [5.41, 5.74) is 10.5. The number of nitrogens with two attached hydrogens (primary N) is 2. The second-order valence-corrected chi connectivity index (χ2v) is 8.05. The van der Waals surface area contributed by atoms with Crippen LogP contribution in [0.5, 0.6) is 0 Å². The first kappa shape index (κ1) is 29.5. The van der Waals surface area contributed by atoms with Crippen molar-refractivity contribution in [2.24, 2.45) is 11.5 Å². The number of carbonyl (C=O) groups is 6. The maximum atomic E-state index is 12.6. The van der Waals surface area contributed by atoms with Gasteiger partial charge in [-0.15, -0.1) is 0 Å². The Labute approximate surface area is 194 Å². The summed E-state index contributed by atoms with van der Waals surface area (Å²) in [4.78, 5) is 70.6. The highest BCUT2D eigenvalue weighted by Crippen LogP contribution is 2.05. The third-order valence-corrected chi connectivity index (χ3v) is 5.12. The molecule has 0 aliphatic heterocycles. The van der Waals surface area contributed by atoms with Crippen molar-refractivity contribution in [3.63, 3.8) is 0 Å². The number of rotatable bonds is 16. The van der Waals surface area contributed by atoms with Gasteiger partial charge in [-0.05, 0) is 24.9 Å². The zero-order chi connectivity index (χ0) is 24.8. The Balaban J connectivity index is 5.43. The molecule has 0 saturated heterocycles. The van der Waals surface area contributed by atoms with Crippen molar-refractivity contribution in [2.45, 2.75) is 49.9 Å². The Hall–Kier alpha value is -2.52. The van der Waals surface area contributed by atoms with Gasteiger partial charge in [-0.25, -0.2) is 4.79 Å². The van der Waals surface area contributed by atoms with Crippen LogP contribution in [0.1, 0.15) is 25.7 Å². The molecule has 4 atom stereocenters. The molecule has 0 aromatic rings. The van der Waals surface area contributed by atoms with Gasteiger partial charge in [0.05, 0.1) is 12.5 Å². The number of amides is 4. The first-order valence-corrected chi connectivity index (χ1v) is 11.4. The number of thiol groups is 1. The van der Waals surface area contributed by atoms with Gasteiger partial charge in [0.15, 0.2) is 0 Å². The summed E-state index contributed by atoms with van der Waals surface area (Å²) in [6.07, 6.45) is 0.529. The molecular formula is C17H29N5O8S2. The summed E-state index contributed by atoms with van der Waals surface area (Å²) in [6, 6.07) is -5.26. The smallest absolute Gasteiger partial charge is 0.326 e. The molecule has 0 aromatic carbocycles. The number of carboxylic acid groups (broad SMARTS) is 2. The van der Waals surface area contributed by atoms with Gasteiger partial charge in [0.25, 0.3) is 0 Å². The van der Waals surface area contributed by atoms with Crippen LogP contribution in [-0.4, -0.2) is 87.7 Å². The third kappa shape index (κ3) is 11.8. The minimum Gasteiger partial charge on any atom is -0.481 e. The van der Waals surface area contributed by atoms with E-state index in [1.165, 1.54) is 11.8 Å². The van der Waals surface area contributed by atoms with E-state index in [1.807, 2.05) is 0 Å². The van der Waals surface area contributed by atoms with Crippen LogP contribution in [0.2, 0.25) is 0 Å². The Morgan fingerprint density at radius 2 is 1.44 bits per heavy atom. The van der Waals surface area contributed by atoms with E-state index in [4.69, 9.17) is 16.6 Å². The topological polar surface area (TPSA) is 231 Å². The monoisotopic (exact) mass is 495 g/mol. The molecule has 4 unspecified atom stereocenters. The minimum atomic E-state index is -1.53. The van der Waals surface area contributed by atoms with E-state index in [2.05, 4.69) is 28.6 Å². The van der Waals surface area contributed by atoms with Crippen LogP contribution in [0.4, 0.5) is 0 Å². The van der Waals surface area contributed by atoms with E-state index in [0.717, 1.165) is 0 Å². The maximum absolute atomic E-state index is 12.6. The van der Waals surface area contributed by atoms with Crippen molar-refractivity contribution >= 4 is 60.0 Å². The van der Waals surface area contributed by atoms with Gasteiger partial charge >= 0.3 is 11.9 Å². The molecule has 13 nitrogen and oxygen atoms in total. The Morgan fingerprint density at radius 1 is 0.906 bits per heavy atom. The zero-order valence-corrected chi connectivity index (χ0v) is 19.1. The summed E-state index contributed by atoms with van der Waals surface area (Å²) in [5.74, 6) is -5.78. The van der Waals surface area contributed by atoms with E-state index < -0.39 is 66.2 Å². The number of carboxylic acids is 2. The molecule has 0 heterocycles. The summed E-state index contributed by atoms with van der Waals surface area (Å²) >= 11 is 5.22. The van der Waals surface area contributed by atoms with Crippen molar-refractivity contribution in [3.8, 4) is 0 Å². The molecule has 0 radical (unpaired) electrons. The lowest BCUT2D eigenvalue weighted by atomic mass is 10.1. The van der Waals surface area contributed by atoms with Crippen LogP contribution in [0.3, 0.4) is 0 Å². The van der Waals surface area contributed by atoms with Gasteiger partial charge in [0.1, 0.15) is 18.1 Å². The van der Waals surface area contributed by atoms with Crippen molar-refractivity contribution < 1.29 is 39.0 Å². The molecule has 4 amide bonds. The lowest BCUT2D eigenvalue weighted by Crippen LogP contribution is -2.57. The highest BCUT2D eigenvalue weighted by molar-refractivity contribution is 7.98. The zero-order valence-electron chi connectivity index (χ0n) is 17.4. The summed E-state index contributed by atoms with van der Waals surface area (Å²) in [7, 11) is 0. The fourth-order valence-corrected chi connectivity index (χ4v) is 2.98. The standard InChI is InChI=1S/C17H29N5O8S2/c1-32-5-4-9(15(27)21-10(17(29)30)2-3-12(19)23)20-16(28)11(6-13(24)25)22-14(26)8(18)7-31/h8-11,31H,2-7,18H2,1H3,(H2,19,23)(H,20,28)(H,21,27)(H,22,26)(H,24,25)(H,29,30). The van der Waals surface area contributed by atoms with Crippen LogP contribution in [0, 0.1) is 0 Å². The average molecular weight is 496 g/mol. The number of thioether (sulfide) groups is 1. The van der Waals surface area contributed by atoms with Gasteiger partial charge in [-0.1, -0.05) is 0 Å². The fourth-order valence-electron chi connectivity index (χ4n) is 2.34. The fraction of sp³-hybridized carbons (Fsp3) is 0.647. The molecule has 0 spiro atoms. The van der Waals surface area contributed by atoms with Gasteiger partial charge in [-0.2, -0.15) is 24.4 Å². The Bertz CT molecular complexity index is 708. The highest BCUT2D eigenvalue weighted by atomic mass is 32.2. The molecule has 32 heavy (non-hydrogen) atoms. The maximum Gasteiger partial charge on any atom is 0.326 e. The third-order valence-electron chi connectivity index (χ3n) is 4.08. The Kier molecular flexibility index (Phi) is 14.1. The highest BCUT2D eigenvalue weighted by Gasteiger charge is 2.31. The van der Waals surface area contributed by atoms with Gasteiger partial charge in [0.2, 0.25) is 23.6 Å². The van der Waals surface area contributed by atoms with E-state index >= 15 is 0 Å². The lowest BCUT2D eigenvalue weighted by molar-refractivity contribution is -0.143. The predicted octanol–water partition coefficient (Wildman–Crippen LogP) is -2.72. The van der Waals surface area contributed by atoms with Crippen LogP contribution < -0.4 is 27.4 Å². The molecule has 0 aromatic heterocycles. The first-order chi connectivity index (χ1) is 14.9. The van der Waals surface area contributed by atoms with Crippen LogP contribution in [-0.2, 0) is 28.8 Å². The van der Waals surface area contributed by atoms with Crippen LogP contribution in [0.15, 0.2) is 0 Å². The van der Waals surface area contributed by atoms with Crippen molar-refractivity contribution in [1.82, 2.24) is 16.0 Å². The molecular weight excluding hydrogens is 466 g/mol. The molecule has 182 valence electrons. The first-order valence-electron chi connectivity index (χ1n) is 9.42. The normalized spacial score (nSPS) is 14.3. The van der Waals surface area contributed by atoms with E-state index in [0.29, 0.717) is 5.75 Å². The number of carbonyl (C=O) groups excluding carboxylic acids is 4. The number of aliphatic carboxylic acids is 2. The molecule has 0 aliphatic carbocycles. The molecule has 9 N–H and O–H groups in total. The van der Waals surface area contributed by atoms with Gasteiger partial charge in [-0.3, -0.25) is 24.0 Å². The second kappa shape index (κ2) is 15.3. The molecule has 0 bridgehead atoms. The largest absolute Gasteiger partial charge is 0.481 e. The van der Waals surface area contributed by atoms with E-state index in [-0.39, 0.29) is 25.0 Å². The van der Waals surface area contributed by atoms with Crippen molar-refractivity contribution in [1.29, 1.82) is 0 Å². The molecule has 15 heteroatoms. The van der Waals surface area contributed by atoms with Crippen molar-refractivity contribution in [2.75, 3.05) is 17.8 Å². The number of nitrogens with one attached hydrogen (secondary N) is 3. The molecule has 0 aliphatic rings. The number of hydrogen-bond acceptors (Lipinski definition) is 9. The van der Waals surface area contributed by atoms with Crippen molar-refractivity contribution in [3.05, 3.63) is 0 Å². The van der Waals surface area contributed by atoms with Gasteiger partial charge < -0.3 is 37.6 Å². The summed E-state index contributed by atoms with van der Waals surface area (Å²) in [5, 5.41) is 25.1. The van der Waals surface area contributed by atoms with Crippen LogP contribution >= 0.6 is 24.4 Å². The SMILES string of the molecule is CSCCC(NC(=O)C(CC(=O)O)NC(=O)C(N)CS)C(=O)NC(CCC(N)=O)C(=O)O. The quantitative estimate of drug-likeness (QED) is 0.103. The summed E-state index contributed by atoms with van der Waals surface area (Å²) in [6.45, 7) is 0. The minimum absolute atomic E-state index is 0.0477. The van der Waals surface area contributed by atoms with E-state index in [9.17, 15) is 33.9 Å². The summed E-state index contributed by atoms with van der Waals surface area (Å²) < 4.78 is 0. The van der Waals surface area contributed by atoms with E-state index in [1.54, 1.807) is 6.26 Å². The van der Waals surface area contributed by atoms with Gasteiger partial charge in [0, 0.05) is 12.2 Å².